The van der Waals surface area contributed by atoms with Gasteiger partial charge in [0.15, 0.2) is 0 Å². The molecule has 1 unspecified atom stereocenters. The summed E-state index contributed by atoms with van der Waals surface area (Å²) in [7, 11) is 0. The number of allylic oxidation sites excluding steroid dienone is 2. The Hall–Kier alpha value is -1.84. The molecule has 0 spiro atoms. The molecule has 0 aromatic rings. The molecular weight excluding hydrogens is 448 g/mol. The molecule has 0 heterocycles. The number of carboxylic acid groups (broad SMARTS) is 1. The highest BCUT2D eigenvalue weighted by molar-refractivity contribution is 5.92. The third-order valence-electron chi connectivity index (χ3n) is 10.8. The zero-order valence-electron chi connectivity index (χ0n) is 23.2. The summed E-state index contributed by atoms with van der Waals surface area (Å²) in [6.45, 7) is 12.6. The molecule has 4 aliphatic carbocycles. The summed E-state index contributed by atoms with van der Waals surface area (Å²) in [5.41, 5.74) is 0.873. The highest BCUT2D eigenvalue weighted by Gasteiger charge is 2.65. The molecule has 0 radical (unpaired) electrons. The Balaban J connectivity index is 2.02. The Labute approximate surface area is 218 Å². The van der Waals surface area contributed by atoms with E-state index in [9.17, 15) is 14.7 Å². The maximum atomic E-state index is 13.1. The standard InChI is InChI=1S/C32H48O4/c1-23(2)28(35)36-26-25(27(33)34)21-24(29(3)15-9-6-10-16-29)22-32(26,30(4)17-11-7-12-18-30)31(5)19-13-8-14-20-31/h21-22,26H,1,6-20H2,2-5H3,(H,33,34). The van der Waals surface area contributed by atoms with Gasteiger partial charge in [-0.05, 0) is 73.3 Å². The second kappa shape index (κ2) is 10.1. The molecule has 4 rings (SSSR count). The van der Waals surface area contributed by atoms with Crippen LogP contribution in [0.1, 0.15) is 124 Å². The minimum absolute atomic E-state index is 0.0381. The summed E-state index contributed by atoms with van der Waals surface area (Å²) in [6, 6.07) is 0. The highest BCUT2D eigenvalue weighted by Crippen LogP contribution is 2.68. The molecule has 0 saturated heterocycles. The molecule has 0 aliphatic heterocycles. The monoisotopic (exact) mass is 496 g/mol. The average Bonchev–Trinajstić information content (AvgIpc) is 2.85. The molecule has 4 aliphatic rings. The first-order chi connectivity index (χ1) is 17.0. The Morgan fingerprint density at radius 1 is 0.833 bits per heavy atom. The van der Waals surface area contributed by atoms with Crippen molar-refractivity contribution in [3.8, 4) is 0 Å². The predicted molar refractivity (Wildman–Crippen MR) is 145 cm³/mol. The van der Waals surface area contributed by atoms with Gasteiger partial charge in [-0.15, -0.1) is 0 Å². The largest absolute Gasteiger partial charge is 0.478 e. The van der Waals surface area contributed by atoms with E-state index >= 15 is 0 Å². The van der Waals surface area contributed by atoms with Crippen LogP contribution in [-0.4, -0.2) is 23.1 Å². The molecule has 200 valence electrons. The fraction of sp³-hybridized carbons (Fsp3) is 0.750. The summed E-state index contributed by atoms with van der Waals surface area (Å²) in [6.07, 6.45) is 20.5. The van der Waals surface area contributed by atoms with Crippen molar-refractivity contribution in [2.75, 3.05) is 0 Å². The normalized spacial score (nSPS) is 28.8. The fourth-order valence-electron chi connectivity index (χ4n) is 8.56. The number of hydrogen-bond acceptors (Lipinski definition) is 3. The third kappa shape index (κ3) is 4.52. The smallest absolute Gasteiger partial charge is 0.335 e. The Morgan fingerprint density at radius 2 is 1.28 bits per heavy atom. The van der Waals surface area contributed by atoms with Gasteiger partial charge in [-0.3, -0.25) is 0 Å². The van der Waals surface area contributed by atoms with E-state index in [1.165, 1.54) is 37.7 Å². The number of carbonyl (C=O) groups excluding carboxylic acids is 1. The van der Waals surface area contributed by atoms with Crippen LogP contribution >= 0.6 is 0 Å². The van der Waals surface area contributed by atoms with E-state index in [0.29, 0.717) is 5.57 Å². The van der Waals surface area contributed by atoms with Crippen molar-refractivity contribution in [3.05, 3.63) is 35.5 Å². The van der Waals surface area contributed by atoms with Crippen LogP contribution in [0.3, 0.4) is 0 Å². The lowest BCUT2D eigenvalue weighted by Gasteiger charge is -2.63. The van der Waals surface area contributed by atoms with Crippen molar-refractivity contribution in [2.24, 2.45) is 21.7 Å². The van der Waals surface area contributed by atoms with Crippen LogP contribution in [0.4, 0.5) is 0 Å². The number of ether oxygens (including phenoxy) is 1. The van der Waals surface area contributed by atoms with Crippen molar-refractivity contribution in [1.29, 1.82) is 0 Å². The minimum atomic E-state index is -0.956. The first kappa shape index (κ1) is 27.2. The topological polar surface area (TPSA) is 63.6 Å². The van der Waals surface area contributed by atoms with E-state index in [4.69, 9.17) is 4.74 Å². The van der Waals surface area contributed by atoms with Gasteiger partial charge in [-0.1, -0.05) is 91.2 Å². The quantitative estimate of drug-likeness (QED) is 0.296. The molecule has 0 amide bonds. The van der Waals surface area contributed by atoms with Crippen LogP contribution in [0.15, 0.2) is 35.5 Å². The van der Waals surface area contributed by atoms with E-state index in [1.807, 2.05) is 6.08 Å². The first-order valence-corrected chi connectivity index (χ1v) is 14.5. The molecular formula is C32H48O4. The van der Waals surface area contributed by atoms with Crippen LogP contribution in [0.5, 0.6) is 0 Å². The number of aliphatic carboxylic acids is 1. The van der Waals surface area contributed by atoms with E-state index in [2.05, 4.69) is 33.4 Å². The molecule has 1 N–H and O–H groups in total. The lowest BCUT2D eigenvalue weighted by molar-refractivity contribution is -0.175. The summed E-state index contributed by atoms with van der Waals surface area (Å²) in [4.78, 5) is 26.1. The molecule has 36 heavy (non-hydrogen) atoms. The highest BCUT2D eigenvalue weighted by atomic mass is 16.5. The van der Waals surface area contributed by atoms with Gasteiger partial charge < -0.3 is 9.84 Å². The predicted octanol–water partition coefficient (Wildman–Crippen LogP) is 8.32. The van der Waals surface area contributed by atoms with E-state index in [-0.39, 0.29) is 21.8 Å². The van der Waals surface area contributed by atoms with Crippen molar-refractivity contribution in [1.82, 2.24) is 0 Å². The molecule has 0 aromatic carbocycles. The Kier molecular flexibility index (Phi) is 7.66. The van der Waals surface area contributed by atoms with Crippen LogP contribution in [0.2, 0.25) is 0 Å². The summed E-state index contributed by atoms with van der Waals surface area (Å²) in [5.74, 6) is -1.43. The number of esters is 1. The number of carboxylic acids is 1. The number of carbonyl (C=O) groups is 2. The molecule has 3 saturated carbocycles. The maximum Gasteiger partial charge on any atom is 0.335 e. The van der Waals surface area contributed by atoms with Crippen molar-refractivity contribution < 1.29 is 19.4 Å². The second-order valence-electron chi connectivity index (χ2n) is 13.3. The molecule has 1 atom stereocenters. The molecule has 3 fully saturated rings. The van der Waals surface area contributed by atoms with Gasteiger partial charge in [-0.25, -0.2) is 9.59 Å². The molecule has 0 aromatic heterocycles. The lowest BCUT2D eigenvalue weighted by atomic mass is 9.41. The summed E-state index contributed by atoms with van der Waals surface area (Å²) >= 11 is 0. The van der Waals surface area contributed by atoms with Crippen molar-refractivity contribution in [2.45, 2.75) is 130 Å². The summed E-state index contributed by atoms with van der Waals surface area (Å²) < 4.78 is 6.32. The lowest BCUT2D eigenvalue weighted by Crippen LogP contribution is -2.61. The van der Waals surface area contributed by atoms with Gasteiger partial charge >= 0.3 is 11.9 Å². The van der Waals surface area contributed by atoms with E-state index in [1.54, 1.807) is 6.92 Å². The van der Waals surface area contributed by atoms with Crippen molar-refractivity contribution in [3.63, 3.8) is 0 Å². The Bertz CT molecular complexity index is 909. The minimum Gasteiger partial charge on any atom is -0.478 e. The second-order valence-corrected chi connectivity index (χ2v) is 13.3. The van der Waals surface area contributed by atoms with Gasteiger partial charge in [-0.2, -0.15) is 0 Å². The van der Waals surface area contributed by atoms with Crippen LogP contribution < -0.4 is 0 Å². The van der Waals surface area contributed by atoms with E-state index < -0.39 is 23.5 Å². The summed E-state index contributed by atoms with van der Waals surface area (Å²) in [5, 5.41) is 10.6. The number of rotatable bonds is 6. The Morgan fingerprint density at radius 3 is 1.69 bits per heavy atom. The van der Waals surface area contributed by atoms with Gasteiger partial charge in [0, 0.05) is 11.0 Å². The van der Waals surface area contributed by atoms with Crippen LogP contribution in [0, 0.1) is 21.7 Å². The van der Waals surface area contributed by atoms with Crippen LogP contribution in [0.25, 0.3) is 0 Å². The molecule has 4 nitrogen and oxygen atoms in total. The van der Waals surface area contributed by atoms with Gasteiger partial charge in [0.1, 0.15) is 6.10 Å². The van der Waals surface area contributed by atoms with Crippen molar-refractivity contribution >= 4 is 11.9 Å². The van der Waals surface area contributed by atoms with Gasteiger partial charge in [0.25, 0.3) is 0 Å². The van der Waals surface area contributed by atoms with Gasteiger partial charge in [0.2, 0.25) is 0 Å². The molecule has 0 bridgehead atoms. The first-order valence-electron chi connectivity index (χ1n) is 14.5. The molecule has 4 heteroatoms. The average molecular weight is 497 g/mol. The zero-order chi connectivity index (χ0) is 26.2. The fourth-order valence-corrected chi connectivity index (χ4v) is 8.56. The zero-order valence-corrected chi connectivity index (χ0v) is 23.2. The van der Waals surface area contributed by atoms with E-state index in [0.717, 1.165) is 64.2 Å². The van der Waals surface area contributed by atoms with Gasteiger partial charge in [0.05, 0.1) is 5.57 Å². The number of hydrogen-bond donors (Lipinski definition) is 1. The van der Waals surface area contributed by atoms with Crippen LogP contribution in [-0.2, 0) is 14.3 Å². The third-order valence-corrected chi connectivity index (χ3v) is 10.8. The maximum absolute atomic E-state index is 13.1. The SMILES string of the molecule is C=C(C)C(=O)OC1C(C(=O)O)=CC(C2(C)CCCCC2)=CC1(C1(C)CCCCC1)C1(C)CCCCC1.